The fraction of sp³-hybridized carbons (Fsp3) is 0.727. The van der Waals surface area contributed by atoms with Gasteiger partial charge in [0.15, 0.2) is 0 Å². The molecule has 4 nitrogen and oxygen atoms in total. The number of hydrogen-bond donors (Lipinski definition) is 1. The van der Waals surface area contributed by atoms with Crippen LogP contribution in [0.4, 0.5) is 0 Å². The van der Waals surface area contributed by atoms with Crippen LogP contribution in [0.5, 0.6) is 0 Å². The van der Waals surface area contributed by atoms with Crippen LogP contribution >= 0.6 is 11.6 Å². The number of halogens is 1. The molecule has 0 spiro atoms. The summed E-state index contributed by atoms with van der Waals surface area (Å²) in [6.45, 7) is 4.74. The predicted molar refractivity (Wildman–Crippen MR) is 63.6 cm³/mol. The van der Waals surface area contributed by atoms with E-state index in [0.717, 1.165) is 13.0 Å². The highest BCUT2D eigenvalue weighted by Gasteiger charge is 2.19. The number of nitrogens with zero attached hydrogens (tertiary/aromatic N) is 2. The van der Waals surface area contributed by atoms with Crippen LogP contribution in [0, 0.1) is 0 Å². The first kappa shape index (κ1) is 13.5. The van der Waals surface area contributed by atoms with Crippen molar-refractivity contribution < 1.29 is 9.84 Å². The molecule has 0 aliphatic heterocycles. The largest absolute Gasteiger partial charge is 0.387 e. The molecule has 0 radical (unpaired) electrons. The Hall–Kier alpha value is -0.580. The van der Waals surface area contributed by atoms with E-state index in [1.54, 1.807) is 18.0 Å². The van der Waals surface area contributed by atoms with Crippen LogP contribution < -0.4 is 0 Å². The van der Waals surface area contributed by atoms with Gasteiger partial charge in [0.05, 0.1) is 29.1 Å². The number of aliphatic hydroxyl groups is 1. The summed E-state index contributed by atoms with van der Waals surface area (Å²) in [4.78, 5) is 0. The first-order valence-electron chi connectivity index (χ1n) is 5.52. The van der Waals surface area contributed by atoms with Crippen molar-refractivity contribution in [1.29, 1.82) is 0 Å². The molecule has 0 saturated heterocycles. The quantitative estimate of drug-likeness (QED) is 0.839. The van der Waals surface area contributed by atoms with Gasteiger partial charge in [-0.05, 0) is 13.3 Å². The van der Waals surface area contributed by atoms with Crippen LogP contribution in [0.2, 0.25) is 5.02 Å². The van der Waals surface area contributed by atoms with Crippen molar-refractivity contribution in [3.05, 3.63) is 16.9 Å². The number of aryl methyl sites for hydroxylation is 1. The lowest BCUT2D eigenvalue weighted by Gasteiger charge is -2.17. The van der Waals surface area contributed by atoms with Gasteiger partial charge in [-0.3, -0.25) is 4.68 Å². The minimum Gasteiger partial charge on any atom is -0.387 e. The van der Waals surface area contributed by atoms with Crippen molar-refractivity contribution >= 4 is 11.6 Å². The fourth-order valence-corrected chi connectivity index (χ4v) is 1.88. The molecule has 0 bridgehead atoms. The van der Waals surface area contributed by atoms with Gasteiger partial charge in [0.2, 0.25) is 0 Å². The van der Waals surface area contributed by atoms with Crippen LogP contribution in [0.1, 0.15) is 38.5 Å². The monoisotopic (exact) mass is 246 g/mol. The van der Waals surface area contributed by atoms with Crippen molar-refractivity contribution in [2.75, 3.05) is 7.11 Å². The van der Waals surface area contributed by atoms with Gasteiger partial charge < -0.3 is 9.84 Å². The normalized spacial score (nSPS) is 15.1. The second kappa shape index (κ2) is 6.23. The fourth-order valence-electron chi connectivity index (χ4n) is 1.62. The Morgan fingerprint density at radius 3 is 2.88 bits per heavy atom. The zero-order chi connectivity index (χ0) is 12.1. The molecule has 2 unspecified atom stereocenters. The van der Waals surface area contributed by atoms with Crippen molar-refractivity contribution in [2.24, 2.45) is 0 Å². The second-order valence-corrected chi connectivity index (χ2v) is 4.31. The minimum absolute atomic E-state index is 0.00366. The van der Waals surface area contributed by atoms with Crippen LogP contribution in [0.25, 0.3) is 0 Å². The molecule has 92 valence electrons. The zero-order valence-corrected chi connectivity index (χ0v) is 10.7. The van der Waals surface area contributed by atoms with E-state index < -0.39 is 6.10 Å². The van der Waals surface area contributed by atoms with Gasteiger partial charge in [-0.15, -0.1) is 0 Å². The van der Waals surface area contributed by atoms with Gasteiger partial charge >= 0.3 is 0 Å². The van der Waals surface area contributed by atoms with E-state index in [0.29, 0.717) is 17.1 Å². The van der Waals surface area contributed by atoms with E-state index in [4.69, 9.17) is 16.3 Å². The average Bonchev–Trinajstić information content (AvgIpc) is 2.60. The van der Waals surface area contributed by atoms with E-state index in [-0.39, 0.29) is 6.10 Å². The molecular weight excluding hydrogens is 228 g/mol. The third kappa shape index (κ3) is 3.20. The molecule has 0 aliphatic rings. The van der Waals surface area contributed by atoms with E-state index in [1.165, 1.54) is 0 Å². The number of rotatable bonds is 6. The van der Waals surface area contributed by atoms with Gasteiger partial charge in [0, 0.05) is 20.1 Å². The third-order valence-corrected chi connectivity index (χ3v) is 2.83. The molecule has 1 heterocycles. The smallest absolute Gasteiger partial charge is 0.0996 e. The SMILES string of the molecule is CCCn1ncc(Cl)c1C(O)CC(C)OC. The first-order chi connectivity index (χ1) is 7.60. The molecule has 5 heteroatoms. The molecule has 2 atom stereocenters. The van der Waals surface area contributed by atoms with Gasteiger partial charge in [-0.25, -0.2) is 0 Å². The summed E-state index contributed by atoms with van der Waals surface area (Å²) >= 11 is 6.02. The predicted octanol–water partition coefficient (Wildman–Crippen LogP) is 2.40. The zero-order valence-electron chi connectivity index (χ0n) is 9.98. The molecular formula is C11H19ClN2O2. The number of aliphatic hydroxyl groups excluding tert-OH is 1. The number of ether oxygens (including phenoxy) is 1. The number of methoxy groups -OCH3 is 1. The Morgan fingerprint density at radius 1 is 1.62 bits per heavy atom. The standard InChI is InChI=1S/C11H19ClN2O2/c1-4-5-14-11(9(12)7-13-14)10(15)6-8(2)16-3/h7-8,10,15H,4-6H2,1-3H3. The van der Waals surface area contributed by atoms with Crippen LogP contribution in [-0.2, 0) is 11.3 Å². The summed E-state index contributed by atoms with van der Waals surface area (Å²) in [5, 5.41) is 14.7. The van der Waals surface area contributed by atoms with Crippen molar-refractivity contribution in [3.63, 3.8) is 0 Å². The molecule has 1 rings (SSSR count). The van der Waals surface area contributed by atoms with Crippen molar-refractivity contribution in [3.8, 4) is 0 Å². The lowest BCUT2D eigenvalue weighted by Crippen LogP contribution is -2.15. The van der Waals surface area contributed by atoms with Crippen LogP contribution in [0.3, 0.4) is 0 Å². The summed E-state index contributed by atoms with van der Waals surface area (Å²) in [5.41, 5.74) is 0.687. The summed E-state index contributed by atoms with van der Waals surface area (Å²) in [6.07, 6.45) is 2.42. The van der Waals surface area contributed by atoms with Gasteiger partial charge in [0.1, 0.15) is 0 Å². The second-order valence-electron chi connectivity index (χ2n) is 3.90. The lowest BCUT2D eigenvalue weighted by atomic mass is 10.1. The van der Waals surface area contributed by atoms with Crippen LogP contribution in [0.15, 0.2) is 6.20 Å². The summed E-state index contributed by atoms with van der Waals surface area (Å²) in [7, 11) is 1.63. The molecule has 1 N–H and O–H groups in total. The molecule has 0 aromatic carbocycles. The van der Waals surface area contributed by atoms with Gasteiger partial charge in [-0.1, -0.05) is 18.5 Å². The molecule has 0 saturated carbocycles. The maximum Gasteiger partial charge on any atom is 0.0996 e. The Bertz CT molecular complexity index is 328. The molecule has 1 aromatic heterocycles. The molecule has 1 aromatic rings. The van der Waals surface area contributed by atoms with Gasteiger partial charge in [-0.2, -0.15) is 5.10 Å². The van der Waals surface area contributed by atoms with Crippen LogP contribution in [-0.4, -0.2) is 28.1 Å². The van der Waals surface area contributed by atoms with Gasteiger partial charge in [0.25, 0.3) is 0 Å². The lowest BCUT2D eigenvalue weighted by molar-refractivity contribution is 0.0523. The maximum atomic E-state index is 10.1. The average molecular weight is 247 g/mol. The molecule has 16 heavy (non-hydrogen) atoms. The highest BCUT2D eigenvalue weighted by molar-refractivity contribution is 6.31. The first-order valence-corrected chi connectivity index (χ1v) is 5.90. The summed E-state index contributed by atoms with van der Waals surface area (Å²) in [6, 6.07) is 0. The Morgan fingerprint density at radius 2 is 2.31 bits per heavy atom. The summed E-state index contributed by atoms with van der Waals surface area (Å²) in [5.74, 6) is 0. The number of hydrogen-bond acceptors (Lipinski definition) is 3. The van der Waals surface area contributed by atoms with Crippen molar-refractivity contribution in [1.82, 2.24) is 9.78 Å². The van der Waals surface area contributed by atoms with E-state index in [1.807, 2.05) is 6.92 Å². The topological polar surface area (TPSA) is 47.3 Å². The highest BCUT2D eigenvalue weighted by Crippen LogP contribution is 2.26. The van der Waals surface area contributed by atoms with E-state index in [9.17, 15) is 5.11 Å². The van der Waals surface area contributed by atoms with Crippen molar-refractivity contribution in [2.45, 2.75) is 45.4 Å². The minimum atomic E-state index is -0.628. The molecule has 0 fully saturated rings. The maximum absolute atomic E-state index is 10.1. The van der Waals surface area contributed by atoms with E-state index in [2.05, 4.69) is 12.0 Å². The third-order valence-electron chi connectivity index (χ3n) is 2.54. The summed E-state index contributed by atoms with van der Waals surface area (Å²) < 4.78 is 6.89. The number of aromatic nitrogens is 2. The Balaban J connectivity index is 2.80. The molecule has 0 aliphatic carbocycles. The Kier molecular flexibility index (Phi) is 5.25. The molecule has 0 amide bonds. The van der Waals surface area contributed by atoms with E-state index >= 15 is 0 Å². The Labute approximate surface area is 101 Å². The highest BCUT2D eigenvalue weighted by atomic mass is 35.5.